The summed E-state index contributed by atoms with van der Waals surface area (Å²) in [6.45, 7) is 2.23. The van der Waals surface area contributed by atoms with Crippen LogP contribution in [0.1, 0.15) is 6.92 Å². The Bertz CT molecular complexity index is 115. The van der Waals surface area contributed by atoms with Crippen LogP contribution in [0, 0.1) is 0 Å². The van der Waals surface area contributed by atoms with Gasteiger partial charge in [0, 0.05) is 0 Å². The maximum atomic E-state index is 9.99. The van der Waals surface area contributed by atoms with Gasteiger partial charge in [-0.25, -0.2) is 4.79 Å². The number of hydrogen-bond acceptors (Lipinski definition) is 4. The molecule has 0 fully saturated rings. The predicted molar refractivity (Wildman–Crippen MR) is 38.0 cm³/mol. The Labute approximate surface area is 65.1 Å². The van der Waals surface area contributed by atoms with Crippen LogP contribution in [0.3, 0.4) is 0 Å². The van der Waals surface area contributed by atoms with Crippen LogP contribution >= 0.6 is 0 Å². The van der Waals surface area contributed by atoms with E-state index in [4.69, 9.17) is 9.84 Å². The minimum absolute atomic E-state index is 0.127. The van der Waals surface area contributed by atoms with E-state index in [0.29, 0.717) is 0 Å². The maximum absolute atomic E-state index is 9.99. The Morgan fingerprint density at radius 3 is 2.73 bits per heavy atom. The van der Waals surface area contributed by atoms with Gasteiger partial charge in [0.25, 0.3) is 0 Å². The zero-order chi connectivity index (χ0) is 8.69. The summed E-state index contributed by atoms with van der Waals surface area (Å²) < 4.78 is 9.22. The molecule has 0 saturated heterocycles. The highest BCUT2D eigenvalue weighted by atomic mass is 16.6. The van der Waals surface area contributed by atoms with Gasteiger partial charge in [-0.15, -0.1) is 0 Å². The van der Waals surface area contributed by atoms with E-state index in [0.717, 1.165) is 0 Å². The molecule has 0 heterocycles. The first-order valence-corrected chi connectivity index (χ1v) is 3.31. The molecule has 0 bridgehead atoms. The molecule has 0 aliphatic carbocycles. The lowest BCUT2D eigenvalue weighted by molar-refractivity contribution is 0.0252. The van der Waals surface area contributed by atoms with Gasteiger partial charge in [0.2, 0.25) is 0 Å². The van der Waals surface area contributed by atoms with E-state index in [1.165, 1.54) is 0 Å². The van der Waals surface area contributed by atoms with Crippen LogP contribution in [0.5, 0.6) is 0 Å². The zero-order valence-corrected chi connectivity index (χ0v) is 6.45. The molecule has 0 saturated carbocycles. The monoisotopic (exact) mass is 163 g/mol. The summed E-state index contributed by atoms with van der Waals surface area (Å²) in [4.78, 5) is 9.99. The lowest BCUT2D eigenvalue weighted by Crippen LogP contribution is -2.18. The van der Waals surface area contributed by atoms with Gasteiger partial charge in [-0.1, -0.05) is 0 Å². The Balaban J connectivity index is 2.97. The molecule has 66 valence electrons. The molecule has 0 aliphatic rings. The quantitative estimate of drug-likeness (QED) is 0.534. The number of primary amides is 1. The summed E-state index contributed by atoms with van der Waals surface area (Å²) in [6.07, 6.45) is -1.31. The first-order valence-electron chi connectivity index (χ1n) is 3.31. The third-order valence-electron chi connectivity index (χ3n) is 0.831. The average Bonchev–Trinajstić information content (AvgIpc) is 1.85. The van der Waals surface area contributed by atoms with Crippen molar-refractivity contribution in [1.82, 2.24) is 0 Å². The third-order valence-corrected chi connectivity index (χ3v) is 0.831. The summed E-state index contributed by atoms with van der Waals surface area (Å²) >= 11 is 0. The van der Waals surface area contributed by atoms with Crippen LogP contribution in [0.25, 0.3) is 0 Å². The average molecular weight is 163 g/mol. The first-order chi connectivity index (χ1) is 5.13. The number of aliphatic hydroxyl groups excluding tert-OH is 1. The Hall–Kier alpha value is -0.810. The number of aliphatic hydroxyl groups is 1. The van der Waals surface area contributed by atoms with E-state index in [9.17, 15) is 4.79 Å². The topological polar surface area (TPSA) is 81.8 Å². The number of rotatable bonds is 5. The molecule has 1 atom stereocenters. The third kappa shape index (κ3) is 9.19. The number of nitrogens with two attached hydrogens (primary N) is 1. The van der Waals surface area contributed by atoms with Crippen LogP contribution in [0.15, 0.2) is 0 Å². The molecule has 5 heteroatoms. The smallest absolute Gasteiger partial charge is 0.404 e. The van der Waals surface area contributed by atoms with E-state index in [2.05, 4.69) is 10.5 Å². The van der Waals surface area contributed by atoms with E-state index < -0.39 is 12.2 Å². The van der Waals surface area contributed by atoms with Gasteiger partial charge < -0.3 is 20.3 Å². The van der Waals surface area contributed by atoms with Crippen molar-refractivity contribution in [3.63, 3.8) is 0 Å². The number of carbonyl (C=O) groups is 1. The van der Waals surface area contributed by atoms with E-state index in [1.54, 1.807) is 6.92 Å². The van der Waals surface area contributed by atoms with Crippen molar-refractivity contribution < 1.29 is 19.4 Å². The molecular weight excluding hydrogens is 150 g/mol. The van der Waals surface area contributed by atoms with Crippen LogP contribution in [0.4, 0.5) is 4.79 Å². The Morgan fingerprint density at radius 1 is 1.64 bits per heavy atom. The van der Waals surface area contributed by atoms with Crippen molar-refractivity contribution in [1.29, 1.82) is 0 Å². The van der Waals surface area contributed by atoms with E-state index >= 15 is 0 Å². The Morgan fingerprint density at radius 2 is 2.27 bits per heavy atom. The van der Waals surface area contributed by atoms with Gasteiger partial charge in [-0.3, -0.25) is 0 Å². The number of amides is 1. The zero-order valence-electron chi connectivity index (χ0n) is 6.45. The van der Waals surface area contributed by atoms with Crippen LogP contribution in [0.2, 0.25) is 0 Å². The minimum Gasteiger partial charge on any atom is -0.447 e. The van der Waals surface area contributed by atoms with E-state index in [-0.39, 0.29) is 19.8 Å². The minimum atomic E-state index is -0.814. The number of carbonyl (C=O) groups excluding carboxylic acids is 1. The van der Waals surface area contributed by atoms with Crippen LogP contribution in [-0.2, 0) is 9.47 Å². The molecule has 0 aromatic heterocycles. The van der Waals surface area contributed by atoms with Crippen molar-refractivity contribution in [2.45, 2.75) is 13.0 Å². The highest BCUT2D eigenvalue weighted by Gasteiger charge is 1.96. The predicted octanol–water partition coefficient (Wildman–Crippen LogP) is -0.521. The summed E-state index contributed by atoms with van der Waals surface area (Å²) in [7, 11) is 0. The molecule has 1 unspecified atom stereocenters. The van der Waals surface area contributed by atoms with Crippen LogP contribution < -0.4 is 5.73 Å². The molecule has 0 radical (unpaired) electrons. The van der Waals surface area contributed by atoms with Crippen molar-refractivity contribution in [2.24, 2.45) is 5.73 Å². The molecule has 3 N–H and O–H groups in total. The van der Waals surface area contributed by atoms with Crippen LogP contribution in [-0.4, -0.2) is 37.1 Å². The molecule has 0 aromatic carbocycles. The molecule has 5 nitrogen and oxygen atoms in total. The fraction of sp³-hybridized carbons (Fsp3) is 0.833. The van der Waals surface area contributed by atoms with Gasteiger partial charge >= 0.3 is 6.09 Å². The summed E-state index contributed by atoms with van der Waals surface area (Å²) in [5.41, 5.74) is 4.67. The van der Waals surface area contributed by atoms with Gasteiger partial charge in [-0.2, -0.15) is 0 Å². The highest BCUT2D eigenvalue weighted by Crippen LogP contribution is 1.83. The highest BCUT2D eigenvalue weighted by molar-refractivity contribution is 5.64. The number of hydrogen-bond donors (Lipinski definition) is 2. The van der Waals surface area contributed by atoms with Gasteiger partial charge in [0.05, 0.1) is 19.3 Å². The van der Waals surface area contributed by atoms with Crippen molar-refractivity contribution in [3.05, 3.63) is 0 Å². The second kappa shape index (κ2) is 5.94. The number of ether oxygens (including phenoxy) is 2. The van der Waals surface area contributed by atoms with Crippen molar-refractivity contribution in [3.8, 4) is 0 Å². The van der Waals surface area contributed by atoms with E-state index in [1.807, 2.05) is 0 Å². The molecule has 11 heavy (non-hydrogen) atoms. The van der Waals surface area contributed by atoms with Gasteiger partial charge in [0.1, 0.15) is 6.61 Å². The SMILES string of the molecule is CC(O)COCCOC(N)=O. The molecule has 0 aromatic rings. The fourth-order valence-corrected chi connectivity index (χ4v) is 0.455. The second-order valence-corrected chi connectivity index (χ2v) is 2.09. The largest absolute Gasteiger partial charge is 0.447 e. The molecule has 0 spiro atoms. The van der Waals surface area contributed by atoms with Gasteiger partial charge in [0.15, 0.2) is 0 Å². The summed E-state index contributed by atoms with van der Waals surface area (Å²) in [6, 6.07) is 0. The lowest BCUT2D eigenvalue weighted by atomic mass is 10.4. The summed E-state index contributed by atoms with van der Waals surface area (Å²) in [5, 5.41) is 8.70. The maximum Gasteiger partial charge on any atom is 0.404 e. The first kappa shape index (κ1) is 10.2. The molecule has 0 aliphatic heterocycles. The second-order valence-electron chi connectivity index (χ2n) is 2.09. The Kier molecular flexibility index (Phi) is 5.50. The van der Waals surface area contributed by atoms with Gasteiger partial charge in [-0.05, 0) is 6.92 Å². The lowest BCUT2D eigenvalue weighted by Gasteiger charge is -2.05. The normalized spacial score (nSPS) is 12.5. The van der Waals surface area contributed by atoms with Crippen molar-refractivity contribution >= 4 is 6.09 Å². The molecule has 1 amide bonds. The molecule has 0 rings (SSSR count). The standard InChI is InChI=1S/C6H13NO4/c1-5(8)4-10-2-3-11-6(7)9/h5,8H,2-4H2,1H3,(H2,7,9). The van der Waals surface area contributed by atoms with Crippen molar-refractivity contribution in [2.75, 3.05) is 19.8 Å². The fourth-order valence-electron chi connectivity index (χ4n) is 0.455. The summed E-state index contributed by atoms with van der Waals surface area (Å²) in [5.74, 6) is 0. The molecular formula is C6H13NO4.